The van der Waals surface area contributed by atoms with Crippen molar-refractivity contribution in [2.45, 2.75) is 45.2 Å². The van der Waals surface area contributed by atoms with E-state index in [2.05, 4.69) is 23.7 Å². The average molecular weight is 359 g/mol. The maximum Gasteiger partial charge on any atom is 0.255 e. The highest BCUT2D eigenvalue weighted by Crippen LogP contribution is 2.33. The Labute approximate surface area is 153 Å². The molecule has 1 aliphatic heterocycles. The van der Waals surface area contributed by atoms with Crippen molar-refractivity contribution in [3.63, 3.8) is 0 Å². The molecule has 0 aliphatic carbocycles. The number of likely N-dealkylation sites (tertiary alicyclic amines) is 1. The van der Waals surface area contributed by atoms with Gasteiger partial charge in [0.1, 0.15) is 0 Å². The van der Waals surface area contributed by atoms with Crippen LogP contribution < -0.4 is 0 Å². The second-order valence-electron chi connectivity index (χ2n) is 7.19. The Morgan fingerprint density at radius 1 is 1.44 bits per heavy atom. The first-order valence-electron chi connectivity index (χ1n) is 8.81. The minimum Gasteiger partial charge on any atom is -0.328 e. The van der Waals surface area contributed by atoms with Crippen LogP contribution >= 0.6 is 11.3 Å². The van der Waals surface area contributed by atoms with Gasteiger partial charge in [-0.2, -0.15) is 0 Å². The fourth-order valence-corrected chi connectivity index (χ4v) is 4.10. The van der Waals surface area contributed by atoms with E-state index in [1.54, 1.807) is 11.3 Å². The Balaban J connectivity index is 1.81. The van der Waals surface area contributed by atoms with E-state index in [1.165, 1.54) is 4.88 Å². The average Bonchev–Trinajstić information content (AvgIpc) is 3.23. The van der Waals surface area contributed by atoms with E-state index in [-0.39, 0.29) is 11.9 Å². The molecule has 6 heteroatoms. The molecule has 1 aliphatic rings. The van der Waals surface area contributed by atoms with Gasteiger partial charge in [-0.15, -0.1) is 11.3 Å². The van der Waals surface area contributed by atoms with Gasteiger partial charge in [-0.05, 0) is 45.0 Å². The van der Waals surface area contributed by atoms with Gasteiger partial charge in [0, 0.05) is 29.5 Å². The number of hydrogen-bond acceptors (Lipinski definition) is 5. The number of thiophene rings is 1. The van der Waals surface area contributed by atoms with Gasteiger partial charge in [0.2, 0.25) is 0 Å². The van der Waals surface area contributed by atoms with E-state index in [4.69, 9.17) is 4.98 Å². The summed E-state index contributed by atoms with van der Waals surface area (Å²) in [5.74, 6) is 1.32. The maximum atomic E-state index is 13.0. The molecule has 2 aromatic heterocycles. The molecule has 3 heterocycles. The molecule has 0 N–H and O–H groups in total. The maximum absolute atomic E-state index is 13.0. The molecule has 3 rings (SSSR count). The third-order valence-corrected chi connectivity index (χ3v) is 5.69. The van der Waals surface area contributed by atoms with Crippen molar-refractivity contribution in [3.05, 3.63) is 45.7 Å². The Kier molecular flexibility index (Phi) is 5.49. The monoisotopic (exact) mass is 358 g/mol. The number of hydrogen-bond donors (Lipinski definition) is 0. The van der Waals surface area contributed by atoms with Crippen LogP contribution in [0.2, 0.25) is 0 Å². The summed E-state index contributed by atoms with van der Waals surface area (Å²) in [6.45, 7) is 5.86. The third kappa shape index (κ3) is 4.07. The molecule has 1 amide bonds. The van der Waals surface area contributed by atoms with Crippen LogP contribution in [0.1, 0.15) is 65.4 Å². The summed E-state index contributed by atoms with van der Waals surface area (Å²) in [7, 11) is 4.05. The van der Waals surface area contributed by atoms with Crippen molar-refractivity contribution in [3.8, 4) is 0 Å². The zero-order valence-electron chi connectivity index (χ0n) is 15.4. The lowest BCUT2D eigenvalue weighted by molar-refractivity contribution is 0.0730. The number of amides is 1. The molecule has 1 unspecified atom stereocenters. The summed E-state index contributed by atoms with van der Waals surface area (Å²) < 4.78 is 0. The molecular weight excluding hydrogens is 332 g/mol. The Morgan fingerprint density at radius 3 is 2.92 bits per heavy atom. The van der Waals surface area contributed by atoms with Crippen molar-refractivity contribution in [1.29, 1.82) is 0 Å². The highest BCUT2D eigenvalue weighted by Gasteiger charge is 2.33. The molecule has 5 nitrogen and oxygen atoms in total. The van der Waals surface area contributed by atoms with Gasteiger partial charge in [-0.25, -0.2) is 9.97 Å². The van der Waals surface area contributed by atoms with Crippen LogP contribution in [0.4, 0.5) is 0 Å². The number of carbonyl (C=O) groups excluding carboxylic acids is 1. The molecule has 0 aromatic carbocycles. The van der Waals surface area contributed by atoms with Crippen LogP contribution in [0.5, 0.6) is 0 Å². The van der Waals surface area contributed by atoms with Crippen LogP contribution in [0.3, 0.4) is 0 Å². The molecule has 134 valence electrons. The topological polar surface area (TPSA) is 49.3 Å². The molecule has 0 saturated carbocycles. The minimum absolute atomic E-state index is 0.0167. The van der Waals surface area contributed by atoms with Gasteiger partial charge in [0.25, 0.3) is 5.91 Å². The van der Waals surface area contributed by atoms with Crippen molar-refractivity contribution < 1.29 is 4.79 Å². The Morgan fingerprint density at radius 2 is 2.24 bits per heavy atom. The summed E-state index contributed by atoms with van der Waals surface area (Å²) in [5, 5.41) is 1.98. The molecule has 1 fully saturated rings. The fraction of sp³-hybridized carbons (Fsp3) is 0.526. The number of rotatable bonds is 5. The Hall–Kier alpha value is -1.79. The first-order valence-corrected chi connectivity index (χ1v) is 9.69. The second-order valence-corrected chi connectivity index (χ2v) is 8.14. The van der Waals surface area contributed by atoms with Crippen molar-refractivity contribution >= 4 is 17.2 Å². The zero-order valence-corrected chi connectivity index (χ0v) is 16.2. The molecule has 2 aromatic rings. The summed E-state index contributed by atoms with van der Waals surface area (Å²) in [5.41, 5.74) is 1.79. The second kappa shape index (κ2) is 7.62. The first-order chi connectivity index (χ1) is 12.0. The molecule has 0 radical (unpaired) electrons. The smallest absolute Gasteiger partial charge is 0.255 e. The van der Waals surface area contributed by atoms with E-state index in [1.807, 2.05) is 42.7 Å². The number of carbonyl (C=O) groups is 1. The predicted octanol–water partition coefficient (Wildman–Crippen LogP) is 3.70. The summed E-state index contributed by atoms with van der Waals surface area (Å²) in [6.07, 6.45) is 3.74. The van der Waals surface area contributed by atoms with Crippen molar-refractivity contribution in [1.82, 2.24) is 19.8 Å². The standard InChI is InChI=1S/C19H26N4OS/c1-13(2)17-10-14(12-25-17)19(24)23-9-5-6-16(23)18-20-8-7-15(21-18)11-22(3)4/h7-8,10,12-13,16H,5-6,9,11H2,1-4H3. The van der Waals surface area contributed by atoms with E-state index in [9.17, 15) is 4.79 Å². The minimum atomic E-state index is -0.0167. The molecule has 0 bridgehead atoms. The van der Waals surface area contributed by atoms with Gasteiger partial charge in [-0.1, -0.05) is 13.8 Å². The molecule has 1 saturated heterocycles. The fourth-order valence-electron chi connectivity index (χ4n) is 3.20. The molecule has 25 heavy (non-hydrogen) atoms. The quantitative estimate of drug-likeness (QED) is 0.818. The first kappa shape index (κ1) is 18.0. The lowest BCUT2D eigenvalue weighted by Crippen LogP contribution is -2.31. The van der Waals surface area contributed by atoms with E-state index >= 15 is 0 Å². The SMILES string of the molecule is CC(C)c1cc(C(=O)N2CCCC2c2nccc(CN(C)C)n2)cs1. The van der Waals surface area contributed by atoms with Gasteiger partial charge in [0.15, 0.2) is 5.82 Å². The van der Waals surface area contributed by atoms with Gasteiger partial charge >= 0.3 is 0 Å². The van der Waals surface area contributed by atoms with E-state index in [0.29, 0.717) is 5.92 Å². The van der Waals surface area contributed by atoms with E-state index in [0.717, 1.165) is 43.0 Å². The summed E-state index contributed by atoms with van der Waals surface area (Å²) in [6, 6.07) is 3.96. The van der Waals surface area contributed by atoms with Gasteiger partial charge in [0.05, 0.1) is 17.3 Å². The van der Waals surface area contributed by atoms with Crippen LogP contribution in [0.15, 0.2) is 23.7 Å². The third-order valence-electron chi connectivity index (χ3n) is 4.46. The van der Waals surface area contributed by atoms with Crippen LogP contribution in [0.25, 0.3) is 0 Å². The van der Waals surface area contributed by atoms with Gasteiger partial charge < -0.3 is 9.80 Å². The van der Waals surface area contributed by atoms with Crippen molar-refractivity contribution in [2.24, 2.45) is 0 Å². The molecular formula is C19H26N4OS. The highest BCUT2D eigenvalue weighted by molar-refractivity contribution is 7.10. The Bertz CT molecular complexity index is 741. The number of aromatic nitrogens is 2. The number of nitrogens with zero attached hydrogens (tertiary/aromatic N) is 4. The highest BCUT2D eigenvalue weighted by atomic mass is 32.1. The van der Waals surface area contributed by atoms with E-state index < -0.39 is 0 Å². The zero-order chi connectivity index (χ0) is 18.0. The summed E-state index contributed by atoms with van der Waals surface area (Å²) >= 11 is 1.67. The van der Waals surface area contributed by atoms with Crippen LogP contribution in [-0.4, -0.2) is 46.3 Å². The summed E-state index contributed by atoms with van der Waals surface area (Å²) in [4.78, 5) is 27.5. The molecule has 0 spiro atoms. The molecule has 1 atom stereocenters. The lowest BCUT2D eigenvalue weighted by atomic mass is 10.1. The normalized spacial score (nSPS) is 17.7. The largest absolute Gasteiger partial charge is 0.328 e. The van der Waals surface area contributed by atoms with Crippen molar-refractivity contribution in [2.75, 3.05) is 20.6 Å². The lowest BCUT2D eigenvalue weighted by Gasteiger charge is -2.23. The van der Waals surface area contributed by atoms with Crippen LogP contribution in [-0.2, 0) is 6.54 Å². The van der Waals surface area contributed by atoms with Gasteiger partial charge in [-0.3, -0.25) is 4.79 Å². The van der Waals surface area contributed by atoms with Crippen LogP contribution in [0, 0.1) is 0 Å². The predicted molar refractivity (Wildman–Crippen MR) is 101 cm³/mol.